The summed E-state index contributed by atoms with van der Waals surface area (Å²) in [5.74, 6) is 0. The maximum absolute atomic E-state index is 5.39. The Balaban J connectivity index is 2.98. The highest BCUT2D eigenvalue weighted by atomic mass is 16.6. The predicted octanol–water partition coefficient (Wildman–Crippen LogP) is -0.289. The molecule has 0 bridgehead atoms. The Hall–Kier alpha value is -1.32. The summed E-state index contributed by atoms with van der Waals surface area (Å²) < 4.78 is 1.45. The molecule has 0 aliphatic heterocycles. The smallest absolute Gasteiger partial charge is 0.104 e. The lowest BCUT2D eigenvalue weighted by Crippen LogP contribution is -2.01. The average Bonchev–Trinajstić information content (AvgIpc) is 2.13. The van der Waals surface area contributed by atoms with Gasteiger partial charge in [0.2, 0.25) is 0 Å². The molecule has 9 heavy (non-hydrogen) atoms. The van der Waals surface area contributed by atoms with Crippen molar-refractivity contribution in [3.8, 4) is 0 Å². The molecule has 0 aliphatic carbocycles. The minimum atomic E-state index is 0.539. The third-order valence-corrected chi connectivity index (χ3v) is 1.08. The van der Waals surface area contributed by atoms with Crippen LogP contribution < -0.4 is 16.3 Å². The Morgan fingerprint density at radius 3 is 2.00 bits per heavy atom. The lowest BCUT2D eigenvalue weighted by Gasteiger charge is -1.94. The van der Waals surface area contributed by atoms with Crippen LogP contribution in [-0.4, -0.2) is 11.8 Å². The first-order valence-electron chi connectivity index (χ1n) is 2.51. The van der Waals surface area contributed by atoms with Crippen molar-refractivity contribution in [2.75, 3.05) is 18.6 Å². The quantitative estimate of drug-likeness (QED) is 0.544. The van der Waals surface area contributed by atoms with E-state index in [-0.39, 0.29) is 0 Å². The molecule has 1 heterocycles. The van der Waals surface area contributed by atoms with Gasteiger partial charge < -0.3 is 16.3 Å². The standard InChI is InChI=1S/C5H9N3O/c1-9-8-2-4(6)5(7)3-8/h2-3H,6-7H2,1H3. The molecule has 0 aromatic carbocycles. The monoisotopic (exact) mass is 127 g/mol. The number of hydrogen-bond donors (Lipinski definition) is 2. The van der Waals surface area contributed by atoms with Crippen LogP contribution in [0.25, 0.3) is 0 Å². The zero-order valence-electron chi connectivity index (χ0n) is 5.16. The number of aromatic nitrogens is 1. The molecule has 0 fully saturated rings. The van der Waals surface area contributed by atoms with Crippen LogP contribution >= 0.6 is 0 Å². The Bertz CT molecular complexity index is 186. The van der Waals surface area contributed by atoms with Crippen molar-refractivity contribution >= 4 is 11.4 Å². The summed E-state index contributed by atoms with van der Waals surface area (Å²) in [7, 11) is 1.54. The second-order valence-electron chi connectivity index (χ2n) is 1.71. The molecular weight excluding hydrogens is 118 g/mol. The summed E-state index contributed by atoms with van der Waals surface area (Å²) in [6.45, 7) is 0. The highest BCUT2D eigenvalue weighted by molar-refractivity contribution is 5.61. The number of nitrogen functional groups attached to an aromatic ring is 2. The summed E-state index contributed by atoms with van der Waals surface area (Å²) in [4.78, 5) is 4.77. The second-order valence-corrected chi connectivity index (χ2v) is 1.71. The van der Waals surface area contributed by atoms with Gasteiger partial charge in [-0.05, 0) is 0 Å². The molecule has 0 aliphatic rings. The van der Waals surface area contributed by atoms with Gasteiger partial charge in [0, 0.05) is 0 Å². The van der Waals surface area contributed by atoms with Crippen LogP contribution in [0.3, 0.4) is 0 Å². The summed E-state index contributed by atoms with van der Waals surface area (Å²) in [6, 6.07) is 0. The van der Waals surface area contributed by atoms with E-state index in [1.54, 1.807) is 19.5 Å². The first-order valence-corrected chi connectivity index (χ1v) is 2.51. The van der Waals surface area contributed by atoms with E-state index in [1.807, 2.05) is 0 Å². The highest BCUT2D eigenvalue weighted by Gasteiger charge is 1.96. The van der Waals surface area contributed by atoms with Crippen LogP contribution in [0.5, 0.6) is 0 Å². The van der Waals surface area contributed by atoms with Gasteiger partial charge in [-0.3, -0.25) is 0 Å². The van der Waals surface area contributed by atoms with Gasteiger partial charge in [-0.25, -0.2) is 0 Å². The van der Waals surface area contributed by atoms with E-state index in [0.717, 1.165) is 0 Å². The maximum Gasteiger partial charge on any atom is 0.104 e. The lowest BCUT2D eigenvalue weighted by atomic mass is 10.5. The number of rotatable bonds is 1. The Morgan fingerprint density at radius 1 is 1.33 bits per heavy atom. The fraction of sp³-hybridized carbons (Fsp3) is 0.200. The summed E-state index contributed by atoms with van der Waals surface area (Å²) in [6.07, 6.45) is 3.21. The van der Waals surface area contributed by atoms with Crippen molar-refractivity contribution in [2.45, 2.75) is 0 Å². The Labute approximate surface area is 53.0 Å². The van der Waals surface area contributed by atoms with E-state index in [2.05, 4.69) is 0 Å². The third-order valence-electron chi connectivity index (χ3n) is 1.08. The van der Waals surface area contributed by atoms with Crippen LogP contribution in [0, 0.1) is 0 Å². The van der Waals surface area contributed by atoms with Crippen LogP contribution in [0.15, 0.2) is 12.4 Å². The van der Waals surface area contributed by atoms with E-state index < -0.39 is 0 Å². The van der Waals surface area contributed by atoms with Gasteiger partial charge in [-0.15, -0.1) is 0 Å². The van der Waals surface area contributed by atoms with Gasteiger partial charge in [0.15, 0.2) is 0 Å². The van der Waals surface area contributed by atoms with Gasteiger partial charge in [0.25, 0.3) is 0 Å². The SMILES string of the molecule is COn1cc(N)c(N)c1. The molecule has 0 unspecified atom stereocenters. The fourth-order valence-corrected chi connectivity index (χ4v) is 0.566. The summed E-state index contributed by atoms with van der Waals surface area (Å²) in [5.41, 5.74) is 11.9. The molecule has 4 nitrogen and oxygen atoms in total. The largest absolute Gasteiger partial charge is 0.418 e. The third kappa shape index (κ3) is 0.910. The number of hydrogen-bond acceptors (Lipinski definition) is 3. The normalized spacial score (nSPS) is 9.44. The molecule has 0 saturated carbocycles. The zero-order chi connectivity index (χ0) is 6.85. The van der Waals surface area contributed by atoms with Crippen molar-refractivity contribution < 1.29 is 4.84 Å². The van der Waals surface area contributed by atoms with Crippen molar-refractivity contribution in [1.29, 1.82) is 0 Å². The first kappa shape index (κ1) is 5.81. The van der Waals surface area contributed by atoms with E-state index in [1.165, 1.54) is 4.73 Å². The minimum absolute atomic E-state index is 0.539. The Morgan fingerprint density at radius 2 is 1.78 bits per heavy atom. The molecule has 0 amide bonds. The maximum atomic E-state index is 5.39. The van der Waals surface area contributed by atoms with Crippen LogP contribution in [0.1, 0.15) is 0 Å². The average molecular weight is 127 g/mol. The highest BCUT2D eigenvalue weighted by Crippen LogP contribution is 2.12. The van der Waals surface area contributed by atoms with Crippen molar-refractivity contribution in [1.82, 2.24) is 4.73 Å². The minimum Gasteiger partial charge on any atom is -0.418 e. The topological polar surface area (TPSA) is 66.2 Å². The fourth-order valence-electron chi connectivity index (χ4n) is 0.566. The van der Waals surface area contributed by atoms with Crippen LogP contribution in [-0.2, 0) is 0 Å². The van der Waals surface area contributed by atoms with Crippen molar-refractivity contribution in [2.24, 2.45) is 0 Å². The second kappa shape index (κ2) is 1.89. The van der Waals surface area contributed by atoms with E-state index in [4.69, 9.17) is 16.3 Å². The first-order chi connectivity index (χ1) is 4.24. The van der Waals surface area contributed by atoms with Crippen molar-refractivity contribution in [3.63, 3.8) is 0 Å². The van der Waals surface area contributed by atoms with E-state index in [9.17, 15) is 0 Å². The van der Waals surface area contributed by atoms with Gasteiger partial charge in [-0.1, -0.05) is 0 Å². The molecule has 0 atom stereocenters. The van der Waals surface area contributed by atoms with E-state index in [0.29, 0.717) is 11.4 Å². The molecule has 0 radical (unpaired) electrons. The molecule has 4 N–H and O–H groups in total. The summed E-state index contributed by atoms with van der Waals surface area (Å²) >= 11 is 0. The van der Waals surface area contributed by atoms with Gasteiger partial charge >= 0.3 is 0 Å². The summed E-state index contributed by atoms with van der Waals surface area (Å²) in [5, 5.41) is 0. The molecular formula is C5H9N3O. The number of nitrogens with two attached hydrogens (primary N) is 2. The molecule has 50 valence electrons. The molecule has 1 aromatic heterocycles. The zero-order valence-corrected chi connectivity index (χ0v) is 5.16. The van der Waals surface area contributed by atoms with Crippen molar-refractivity contribution in [3.05, 3.63) is 12.4 Å². The van der Waals surface area contributed by atoms with E-state index >= 15 is 0 Å². The molecule has 0 saturated heterocycles. The van der Waals surface area contributed by atoms with Crippen LogP contribution in [0.2, 0.25) is 0 Å². The van der Waals surface area contributed by atoms with Gasteiger partial charge in [0.1, 0.15) is 7.11 Å². The molecule has 1 aromatic rings. The van der Waals surface area contributed by atoms with Crippen LogP contribution in [0.4, 0.5) is 11.4 Å². The Kier molecular flexibility index (Phi) is 1.22. The molecule has 0 spiro atoms. The van der Waals surface area contributed by atoms with Gasteiger partial charge in [-0.2, -0.15) is 4.73 Å². The lowest BCUT2D eigenvalue weighted by molar-refractivity contribution is 0.168. The number of nitrogens with zero attached hydrogens (tertiary/aromatic N) is 1. The molecule has 1 rings (SSSR count). The van der Waals surface area contributed by atoms with Gasteiger partial charge in [0.05, 0.1) is 23.8 Å². The predicted molar refractivity (Wildman–Crippen MR) is 35.8 cm³/mol. The molecule has 4 heteroatoms. The number of anilines is 2.